The Hall–Kier alpha value is -0.0631. The molecular weight excluding hydrogens is 392 g/mol. The van der Waals surface area contributed by atoms with Gasteiger partial charge in [-0.1, -0.05) is 27.2 Å². The van der Waals surface area contributed by atoms with E-state index >= 15 is 0 Å². The lowest BCUT2D eigenvalue weighted by Crippen LogP contribution is -2.57. The average Bonchev–Trinajstić information content (AvgIpc) is 2.61. The summed E-state index contributed by atoms with van der Waals surface area (Å²) in [4.78, 5) is 0. The highest BCUT2D eigenvalue weighted by molar-refractivity contribution is 6.60. The lowest BCUT2D eigenvalue weighted by molar-refractivity contribution is -0.375. The van der Waals surface area contributed by atoms with Crippen LogP contribution in [0.2, 0.25) is 6.04 Å². The van der Waals surface area contributed by atoms with Gasteiger partial charge in [-0.3, -0.25) is 0 Å². The van der Waals surface area contributed by atoms with Gasteiger partial charge < -0.3 is 32.2 Å². The zero-order valence-corrected chi connectivity index (χ0v) is 20.3. The molecule has 7 nitrogen and oxygen atoms in total. The molecule has 2 heterocycles. The van der Waals surface area contributed by atoms with Gasteiger partial charge in [-0.25, -0.2) is 0 Å². The van der Waals surface area contributed by atoms with E-state index in [4.69, 9.17) is 32.2 Å². The van der Waals surface area contributed by atoms with Crippen molar-refractivity contribution in [2.45, 2.75) is 72.8 Å². The molecule has 0 aromatic heterocycles. The standard InChI is InChI=1S/C21H42O7Si/c1-7-12-29(26-10-4,27-11-5)28-19(6,24-17-20(8-2)13-22-14-20)25-18-21(9-3)15-23-16-21/h7-18H2,1-6H3. The van der Waals surface area contributed by atoms with Crippen LogP contribution in [-0.2, 0) is 32.2 Å². The number of ether oxygens (including phenoxy) is 4. The fourth-order valence-corrected chi connectivity index (χ4v) is 6.32. The maximum Gasteiger partial charge on any atom is 0.504 e. The van der Waals surface area contributed by atoms with E-state index < -0.39 is 14.8 Å². The van der Waals surface area contributed by atoms with Crippen LogP contribution in [0.15, 0.2) is 0 Å². The molecule has 2 aliphatic rings. The van der Waals surface area contributed by atoms with Gasteiger partial charge in [0.15, 0.2) is 0 Å². The van der Waals surface area contributed by atoms with Gasteiger partial charge in [0.1, 0.15) is 0 Å². The molecule has 2 aliphatic heterocycles. The molecule has 0 spiro atoms. The van der Waals surface area contributed by atoms with Crippen molar-refractivity contribution in [3.05, 3.63) is 0 Å². The van der Waals surface area contributed by atoms with E-state index in [2.05, 4.69) is 20.8 Å². The van der Waals surface area contributed by atoms with Crippen molar-refractivity contribution >= 4 is 8.80 Å². The van der Waals surface area contributed by atoms with Crippen molar-refractivity contribution in [1.29, 1.82) is 0 Å². The highest BCUT2D eigenvalue weighted by Crippen LogP contribution is 2.37. The van der Waals surface area contributed by atoms with Gasteiger partial charge in [0, 0.05) is 37.0 Å². The first-order valence-electron chi connectivity index (χ1n) is 11.3. The third kappa shape index (κ3) is 6.46. The molecule has 0 atom stereocenters. The lowest BCUT2D eigenvalue weighted by Gasteiger charge is -2.46. The number of rotatable bonds is 16. The summed E-state index contributed by atoms with van der Waals surface area (Å²) < 4.78 is 42.3. The molecule has 0 unspecified atom stereocenters. The molecule has 2 fully saturated rings. The number of hydrogen-bond donors (Lipinski definition) is 0. The van der Waals surface area contributed by atoms with Crippen LogP contribution in [0.5, 0.6) is 0 Å². The molecule has 0 aliphatic carbocycles. The second kappa shape index (κ2) is 11.0. The van der Waals surface area contributed by atoms with E-state index in [1.165, 1.54) is 0 Å². The fourth-order valence-electron chi connectivity index (χ4n) is 3.55. The zero-order chi connectivity index (χ0) is 21.4. The Kier molecular flexibility index (Phi) is 9.55. The first-order valence-corrected chi connectivity index (χ1v) is 13.2. The Labute approximate surface area is 178 Å². The van der Waals surface area contributed by atoms with Crippen LogP contribution in [0, 0.1) is 10.8 Å². The minimum Gasteiger partial charge on any atom is -0.380 e. The van der Waals surface area contributed by atoms with Crippen molar-refractivity contribution in [3.63, 3.8) is 0 Å². The summed E-state index contributed by atoms with van der Waals surface area (Å²) in [6.45, 7) is 17.2. The van der Waals surface area contributed by atoms with Gasteiger partial charge >= 0.3 is 8.80 Å². The SMILES string of the molecule is CCC[Si](OCC)(OCC)OC(C)(OCC1(CC)COC1)OCC1(CC)COC1. The highest BCUT2D eigenvalue weighted by Gasteiger charge is 2.50. The largest absolute Gasteiger partial charge is 0.504 e. The topological polar surface area (TPSA) is 64.6 Å². The molecule has 8 heteroatoms. The van der Waals surface area contributed by atoms with Gasteiger partial charge in [-0.05, 0) is 26.7 Å². The Bertz CT molecular complexity index is 426. The van der Waals surface area contributed by atoms with Crippen LogP contribution < -0.4 is 0 Å². The summed E-state index contributed by atoms with van der Waals surface area (Å²) in [6.07, 6.45) is 2.89. The van der Waals surface area contributed by atoms with E-state index in [1.54, 1.807) is 0 Å². The molecule has 0 radical (unpaired) electrons. The van der Waals surface area contributed by atoms with E-state index in [9.17, 15) is 0 Å². The van der Waals surface area contributed by atoms with Crippen LogP contribution in [0.1, 0.15) is 60.8 Å². The maximum atomic E-state index is 6.53. The summed E-state index contributed by atoms with van der Waals surface area (Å²) >= 11 is 0. The Morgan fingerprint density at radius 1 is 0.793 bits per heavy atom. The molecule has 2 rings (SSSR count). The van der Waals surface area contributed by atoms with Crippen molar-refractivity contribution in [1.82, 2.24) is 0 Å². The van der Waals surface area contributed by atoms with Crippen LogP contribution in [0.4, 0.5) is 0 Å². The lowest BCUT2D eigenvalue weighted by atomic mass is 9.84. The van der Waals surface area contributed by atoms with Gasteiger partial charge in [0.25, 0.3) is 5.97 Å². The van der Waals surface area contributed by atoms with Crippen molar-refractivity contribution in [2.75, 3.05) is 52.9 Å². The molecule has 2 saturated heterocycles. The predicted octanol–water partition coefficient (Wildman–Crippen LogP) is 3.99. The summed E-state index contributed by atoms with van der Waals surface area (Å²) in [6, 6.07) is 0.723. The minimum absolute atomic E-state index is 0.0300. The molecule has 0 bridgehead atoms. The van der Waals surface area contributed by atoms with Crippen molar-refractivity contribution in [2.24, 2.45) is 10.8 Å². The molecular formula is C21H42O7Si. The predicted molar refractivity (Wildman–Crippen MR) is 113 cm³/mol. The summed E-state index contributed by atoms with van der Waals surface area (Å²) in [5.41, 5.74) is 0.0599. The monoisotopic (exact) mass is 434 g/mol. The first kappa shape index (κ1) is 25.2. The van der Waals surface area contributed by atoms with Crippen molar-refractivity contribution < 1.29 is 32.2 Å². The Morgan fingerprint density at radius 2 is 1.24 bits per heavy atom. The summed E-state index contributed by atoms with van der Waals surface area (Å²) in [5.74, 6) is -1.23. The van der Waals surface area contributed by atoms with E-state index in [1.807, 2.05) is 20.8 Å². The average molecular weight is 435 g/mol. The summed E-state index contributed by atoms with van der Waals surface area (Å²) in [5, 5.41) is 0. The molecule has 172 valence electrons. The molecule has 0 saturated carbocycles. The molecule has 29 heavy (non-hydrogen) atoms. The summed E-state index contributed by atoms with van der Waals surface area (Å²) in [7, 11) is -2.94. The van der Waals surface area contributed by atoms with E-state index in [0.29, 0.717) is 52.9 Å². The van der Waals surface area contributed by atoms with Crippen LogP contribution >= 0.6 is 0 Å². The van der Waals surface area contributed by atoms with Gasteiger partial charge in [0.2, 0.25) is 0 Å². The minimum atomic E-state index is -2.94. The smallest absolute Gasteiger partial charge is 0.380 e. The normalized spacial score (nSPS) is 20.9. The van der Waals surface area contributed by atoms with Gasteiger partial charge in [-0.2, -0.15) is 0 Å². The Balaban J connectivity index is 2.15. The maximum absolute atomic E-state index is 6.53. The third-order valence-electron chi connectivity index (χ3n) is 6.04. The fraction of sp³-hybridized carbons (Fsp3) is 1.00. The third-order valence-corrected chi connectivity index (χ3v) is 9.29. The zero-order valence-electron chi connectivity index (χ0n) is 19.3. The van der Waals surface area contributed by atoms with Gasteiger partial charge in [-0.15, -0.1) is 0 Å². The van der Waals surface area contributed by atoms with Crippen LogP contribution in [0.3, 0.4) is 0 Å². The first-order chi connectivity index (χ1) is 13.8. The molecule has 0 aromatic rings. The van der Waals surface area contributed by atoms with Crippen LogP contribution in [-0.4, -0.2) is 67.6 Å². The highest BCUT2D eigenvalue weighted by atomic mass is 28.4. The number of hydrogen-bond acceptors (Lipinski definition) is 7. The second-order valence-corrected chi connectivity index (χ2v) is 11.2. The quantitative estimate of drug-likeness (QED) is 0.269. The van der Waals surface area contributed by atoms with E-state index in [-0.39, 0.29) is 10.8 Å². The second-order valence-electron chi connectivity index (χ2n) is 8.53. The van der Waals surface area contributed by atoms with E-state index in [0.717, 1.165) is 25.3 Å². The molecule has 0 aromatic carbocycles. The van der Waals surface area contributed by atoms with Crippen LogP contribution in [0.25, 0.3) is 0 Å². The molecule has 0 N–H and O–H groups in total. The Morgan fingerprint density at radius 3 is 1.52 bits per heavy atom. The van der Waals surface area contributed by atoms with Gasteiger partial charge in [0.05, 0.1) is 39.6 Å². The van der Waals surface area contributed by atoms with Crippen molar-refractivity contribution in [3.8, 4) is 0 Å². The molecule has 0 amide bonds.